The SMILES string of the molecule is COc1ccc(/C=C(/C#N)C(=O)NCCc2c[nH]c3ccccc23)cc1OC. The lowest BCUT2D eigenvalue weighted by Gasteiger charge is -2.08. The Kier molecular flexibility index (Phi) is 5.97. The first-order valence-electron chi connectivity index (χ1n) is 8.83. The zero-order valence-electron chi connectivity index (χ0n) is 15.8. The summed E-state index contributed by atoms with van der Waals surface area (Å²) in [5, 5.41) is 13.3. The molecule has 1 heterocycles. The molecule has 6 nitrogen and oxygen atoms in total. The molecule has 3 aromatic rings. The summed E-state index contributed by atoms with van der Waals surface area (Å²) in [7, 11) is 3.09. The molecule has 0 spiro atoms. The molecule has 0 aliphatic heterocycles. The number of aromatic nitrogens is 1. The van der Waals surface area contributed by atoms with Crippen LogP contribution < -0.4 is 14.8 Å². The summed E-state index contributed by atoms with van der Waals surface area (Å²) in [6.07, 6.45) is 4.15. The topological polar surface area (TPSA) is 87.1 Å². The van der Waals surface area contributed by atoms with Gasteiger partial charge in [-0.2, -0.15) is 5.26 Å². The van der Waals surface area contributed by atoms with Crippen LogP contribution in [-0.2, 0) is 11.2 Å². The van der Waals surface area contributed by atoms with Crippen molar-refractivity contribution in [1.82, 2.24) is 10.3 Å². The number of hydrogen-bond acceptors (Lipinski definition) is 4. The van der Waals surface area contributed by atoms with E-state index in [0.717, 1.165) is 16.5 Å². The first-order chi connectivity index (χ1) is 13.7. The molecular formula is C22H21N3O3. The van der Waals surface area contributed by atoms with Crippen LogP contribution in [0.3, 0.4) is 0 Å². The van der Waals surface area contributed by atoms with Crippen molar-refractivity contribution in [3.8, 4) is 17.6 Å². The molecule has 2 aromatic carbocycles. The molecule has 0 fully saturated rings. The van der Waals surface area contributed by atoms with Gasteiger partial charge in [-0.15, -0.1) is 0 Å². The van der Waals surface area contributed by atoms with E-state index in [1.807, 2.05) is 36.5 Å². The summed E-state index contributed by atoms with van der Waals surface area (Å²) >= 11 is 0. The molecule has 0 unspecified atom stereocenters. The molecule has 142 valence electrons. The minimum Gasteiger partial charge on any atom is -0.493 e. The highest BCUT2D eigenvalue weighted by Gasteiger charge is 2.11. The Labute approximate surface area is 163 Å². The fourth-order valence-corrected chi connectivity index (χ4v) is 3.00. The van der Waals surface area contributed by atoms with Gasteiger partial charge in [0.15, 0.2) is 11.5 Å². The van der Waals surface area contributed by atoms with Gasteiger partial charge in [0.25, 0.3) is 5.91 Å². The van der Waals surface area contributed by atoms with Crippen molar-refractivity contribution in [2.75, 3.05) is 20.8 Å². The molecule has 0 aliphatic carbocycles. The fourth-order valence-electron chi connectivity index (χ4n) is 3.00. The summed E-state index contributed by atoms with van der Waals surface area (Å²) in [5.41, 5.74) is 2.90. The first kappa shape index (κ1) is 19.1. The van der Waals surface area contributed by atoms with Crippen LogP contribution >= 0.6 is 0 Å². The number of para-hydroxylation sites is 1. The van der Waals surface area contributed by atoms with Gasteiger partial charge in [-0.25, -0.2) is 0 Å². The number of H-pyrrole nitrogens is 1. The number of benzene rings is 2. The number of amides is 1. The number of methoxy groups -OCH3 is 2. The van der Waals surface area contributed by atoms with Crippen molar-refractivity contribution in [3.63, 3.8) is 0 Å². The van der Waals surface area contributed by atoms with E-state index in [1.54, 1.807) is 25.3 Å². The van der Waals surface area contributed by atoms with Crippen LogP contribution in [0.4, 0.5) is 0 Å². The number of aromatic amines is 1. The Morgan fingerprint density at radius 3 is 2.71 bits per heavy atom. The van der Waals surface area contributed by atoms with Crippen molar-refractivity contribution in [1.29, 1.82) is 5.26 Å². The standard InChI is InChI=1S/C22H21N3O3/c1-27-20-8-7-15(12-21(20)28-2)11-17(13-23)22(26)24-10-9-16-14-25-19-6-4-3-5-18(16)19/h3-8,11-12,14,25H,9-10H2,1-2H3,(H,24,26)/b17-11-. The average molecular weight is 375 g/mol. The van der Waals surface area contributed by atoms with Gasteiger partial charge in [0.1, 0.15) is 11.6 Å². The highest BCUT2D eigenvalue weighted by molar-refractivity contribution is 6.01. The van der Waals surface area contributed by atoms with Gasteiger partial charge in [0, 0.05) is 23.6 Å². The normalized spacial score (nSPS) is 11.1. The van der Waals surface area contributed by atoms with E-state index >= 15 is 0 Å². The van der Waals surface area contributed by atoms with Crippen LogP contribution in [0.25, 0.3) is 17.0 Å². The van der Waals surface area contributed by atoms with Crippen LogP contribution in [0.1, 0.15) is 11.1 Å². The van der Waals surface area contributed by atoms with Crippen molar-refractivity contribution in [2.24, 2.45) is 0 Å². The second kappa shape index (κ2) is 8.78. The van der Waals surface area contributed by atoms with E-state index < -0.39 is 5.91 Å². The smallest absolute Gasteiger partial charge is 0.261 e. The summed E-state index contributed by atoms with van der Waals surface area (Å²) in [6, 6.07) is 15.2. The third-order valence-electron chi connectivity index (χ3n) is 4.44. The maximum Gasteiger partial charge on any atom is 0.261 e. The predicted octanol–water partition coefficient (Wildman–Crippen LogP) is 3.45. The molecule has 6 heteroatoms. The number of carbonyl (C=O) groups excluding carboxylic acids is 1. The molecular weight excluding hydrogens is 354 g/mol. The van der Waals surface area contributed by atoms with E-state index in [9.17, 15) is 10.1 Å². The lowest BCUT2D eigenvalue weighted by Crippen LogP contribution is -2.26. The Bertz CT molecular complexity index is 1060. The van der Waals surface area contributed by atoms with Crippen LogP contribution in [0.5, 0.6) is 11.5 Å². The van der Waals surface area contributed by atoms with Gasteiger partial charge in [-0.05, 0) is 41.8 Å². The van der Waals surface area contributed by atoms with E-state index in [1.165, 1.54) is 13.2 Å². The highest BCUT2D eigenvalue weighted by atomic mass is 16.5. The quantitative estimate of drug-likeness (QED) is 0.489. The first-order valence-corrected chi connectivity index (χ1v) is 8.83. The molecule has 1 amide bonds. The van der Waals surface area contributed by atoms with Crippen molar-refractivity contribution in [2.45, 2.75) is 6.42 Å². The number of hydrogen-bond donors (Lipinski definition) is 2. The lowest BCUT2D eigenvalue weighted by molar-refractivity contribution is -0.117. The number of nitrogens with one attached hydrogen (secondary N) is 2. The van der Waals surface area contributed by atoms with Crippen LogP contribution in [0.2, 0.25) is 0 Å². The molecule has 1 aromatic heterocycles. The van der Waals surface area contributed by atoms with Crippen molar-refractivity contribution < 1.29 is 14.3 Å². The molecule has 0 bridgehead atoms. The summed E-state index contributed by atoms with van der Waals surface area (Å²) in [5.74, 6) is 0.715. The van der Waals surface area contributed by atoms with E-state index in [0.29, 0.717) is 30.0 Å². The zero-order chi connectivity index (χ0) is 19.9. The number of fused-ring (bicyclic) bond motifs is 1. The molecule has 3 rings (SSSR count). The van der Waals surface area contributed by atoms with E-state index in [2.05, 4.69) is 10.3 Å². The van der Waals surface area contributed by atoms with Gasteiger partial charge in [-0.1, -0.05) is 24.3 Å². The van der Waals surface area contributed by atoms with Gasteiger partial charge in [0.05, 0.1) is 14.2 Å². The van der Waals surface area contributed by atoms with Crippen LogP contribution in [0, 0.1) is 11.3 Å². The molecule has 0 aliphatic rings. The summed E-state index contributed by atoms with van der Waals surface area (Å²) in [6.45, 7) is 0.436. The van der Waals surface area contributed by atoms with Crippen LogP contribution in [0.15, 0.2) is 54.2 Å². The molecule has 28 heavy (non-hydrogen) atoms. The Morgan fingerprint density at radius 1 is 1.18 bits per heavy atom. The number of nitrogens with zero attached hydrogens (tertiary/aromatic N) is 1. The minimum atomic E-state index is -0.405. The summed E-state index contributed by atoms with van der Waals surface area (Å²) < 4.78 is 10.4. The number of rotatable bonds is 7. The average Bonchev–Trinajstić information content (AvgIpc) is 3.14. The number of nitriles is 1. The largest absolute Gasteiger partial charge is 0.493 e. The molecule has 0 saturated heterocycles. The summed E-state index contributed by atoms with van der Waals surface area (Å²) in [4.78, 5) is 15.6. The predicted molar refractivity (Wildman–Crippen MR) is 108 cm³/mol. The van der Waals surface area contributed by atoms with Crippen molar-refractivity contribution in [3.05, 3.63) is 65.4 Å². The maximum absolute atomic E-state index is 12.4. The third kappa shape index (κ3) is 4.15. The third-order valence-corrected chi connectivity index (χ3v) is 4.44. The number of ether oxygens (including phenoxy) is 2. The van der Waals surface area contributed by atoms with Crippen LogP contribution in [-0.4, -0.2) is 31.7 Å². The second-order valence-corrected chi connectivity index (χ2v) is 6.15. The fraction of sp³-hybridized carbons (Fsp3) is 0.182. The Balaban J connectivity index is 1.66. The van der Waals surface area contributed by atoms with Crippen molar-refractivity contribution >= 4 is 22.9 Å². The van der Waals surface area contributed by atoms with E-state index in [-0.39, 0.29) is 5.57 Å². The van der Waals surface area contributed by atoms with E-state index in [4.69, 9.17) is 9.47 Å². The van der Waals surface area contributed by atoms with Gasteiger partial charge in [-0.3, -0.25) is 4.79 Å². The molecule has 0 atom stereocenters. The molecule has 0 saturated carbocycles. The highest BCUT2D eigenvalue weighted by Crippen LogP contribution is 2.28. The molecule has 0 radical (unpaired) electrons. The maximum atomic E-state index is 12.4. The zero-order valence-corrected chi connectivity index (χ0v) is 15.8. The second-order valence-electron chi connectivity index (χ2n) is 6.15. The monoisotopic (exact) mass is 375 g/mol. The Morgan fingerprint density at radius 2 is 1.96 bits per heavy atom. The number of carbonyl (C=O) groups is 1. The Hall–Kier alpha value is -3.72. The van der Waals surface area contributed by atoms with Gasteiger partial charge >= 0.3 is 0 Å². The lowest BCUT2D eigenvalue weighted by atomic mass is 10.1. The van der Waals surface area contributed by atoms with Gasteiger partial charge < -0.3 is 19.8 Å². The molecule has 2 N–H and O–H groups in total. The van der Waals surface area contributed by atoms with Gasteiger partial charge in [0.2, 0.25) is 0 Å². The minimum absolute atomic E-state index is 0.0335.